The second-order valence-electron chi connectivity index (χ2n) is 7.73. The van der Waals surface area contributed by atoms with Crippen molar-refractivity contribution in [3.8, 4) is 0 Å². The highest BCUT2D eigenvalue weighted by Gasteiger charge is 2.33. The number of carbonyl (C=O) groups excluding carboxylic acids is 2. The summed E-state index contributed by atoms with van der Waals surface area (Å²) in [5, 5.41) is 4.61. The van der Waals surface area contributed by atoms with E-state index in [4.69, 9.17) is 4.99 Å². The number of likely N-dealkylation sites (tertiary alicyclic amines) is 1. The van der Waals surface area contributed by atoms with Crippen molar-refractivity contribution in [2.75, 3.05) is 46.8 Å². The van der Waals surface area contributed by atoms with Crippen molar-refractivity contribution in [1.29, 1.82) is 0 Å². The molecule has 2 amide bonds. The Kier molecular flexibility index (Phi) is 5.53. The van der Waals surface area contributed by atoms with Crippen LogP contribution in [-0.4, -0.2) is 79.3 Å². The third kappa shape index (κ3) is 3.98. The lowest BCUT2D eigenvalue weighted by Crippen LogP contribution is -2.44. The van der Waals surface area contributed by atoms with Crippen molar-refractivity contribution in [3.05, 3.63) is 47.2 Å². The van der Waals surface area contributed by atoms with E-state index in [-0.39, 0.29) is 17.9 Å². The summed E-state index contributed by atoms with van der Waals surface area (Å²) >= 11 is 0. The lowest BCUT2D eigenvalue weighted by molar-refractivity contribution is -0.131. The molecule has 8 heteroatoms. The van der Waals surface area contributed by atoms with E-state index in [1.54, 1.807) is 17.0 Å². The first-order valence-corrected chi connectivity index (χ1v) is 10.1. The van der Waals surface area contributed by atoms with Gasteiger partial charge in [-0.1, -0.05) is 30.3 Å². The molecule has 4 rings (SSSR count). The monoisotopic (exact) mass is 396 g/mol. The number of likely N-dealkylation sites (N-methyl/N-ethyl adjacent to an activating group) is 2. The molecule has 8 nitrogen and oxygen atoms in total. The van der Waals surface area contributed by atoms with Crippen molar-refractivity contribution in [2.24, 2.45) is 4.99 Å². The number of nitrogens with one attached hydrogen (secondary N) is 2. The molecule has 3 heterocycles. The number of benzene rings is 1. The molecule has 1 atom stereocenters. The summed E-state index contributed by atoms with van der Waals surface area (Å²) < 4.78 is 0. The number of amides is 2. The highest BCUT2D eigenvalue weighted by molar-refractivity contribution is 6.05. The zero-order valence-electron chi connectivity index (χ0n) is 17.0. The van der Waals surface area contributed by atoms with Crippen molar-refractivity contribution in [3.63, 3.8) is 0 Å². The Morgan fingerprint density at radius 2 is 1.97 bits per heavy atom. The molecule has 1 aromatic carbocycles. The van der Waals surface area contributed by atoms with Gasteiger partial charge >= 0.3 is 0 Å². The van der Waals surface area contributed by atoms with Gasteiger partial charge in [0.05, 0.1) is 11.6 Å². The quantitative estimate of drug-likeness (QED) is 0.733. The van der Waals surface area contributed by atoms with Crippen molar-refractivity contribution >= 4 is 17.6 Å². The van der Waals surface area contributed by atoms with Crippen LogP contribution in [0.15, 0.2) is 46.6 Å². The van der Waals surface area contributed by atoms with Gasteiger partial charge in [0.2, 0.25) is 0 Å². The van der Waals surface area contributed by atoms with Gasteiger partial charge in [-0.15, -0.1) is 0 Å². The number of carbonyl (C=O) groups is 2. The molecular weight excluding hydrogens is 368 g/mol. The molecule has 29 heavy (non-hydrogen) atoms. The molecule has 0 saturated carbocycles. The normalized spacial score (nSPS) is 21.4. The summed E-state index contributed by atoms with van der Waals surface area (Å²) in [7, 11) is 3.80. The molecule has 3 aliphatic heterocycles. The maximum atomic E-state index is 12.8. The van der Waals surface area contributed by atoms with E-state index in [0.29, 0.717) is 30.8 Å². The number of hydrogen-bond acceptors (Lipinski definition) is 6. The number of hydrazine groups is 1. The first-order chi connectivity index (χ1) is 14.0. The molecule has 0 aromatic heterocycles. The van der Waals surface area contributed by atoms with Gasteiger partial charge in [-0.05, 0) is 12.0 Å². The number of nitrogens with zero attached hydrogens (tertiary/aromatic N) is 4. The van der Waals surface area contributed by atoms with Gasteiger partial charge in [-0.2, -0.15) is 0 Å². The third-order valence-corrected chi connectivity index (χ3v) is 5.74. The molecule has 1 saturated heterocycles. The van der Waals surface area contributed by atoms with Gasteiger partial charge in [0, 0.05) is 53.2 Å². The number of aliphatic imine (C=N–C) groups is 1. The molecule has 0 aliphatic carbocycles. The molecule has 1 aromatic rings. The fourth-order valence-electron chi connectivity index (χ4n) is 3.91. The van der Waals surface area contributed by atoms with Gasteiger partial charge in [0.25, 0.3) is 11.8 Å². The largest absolute Gasteiger partial charge is 0.361 e. The van der Waals surface area contributed by atoms with Gasteiger partial charge in [-0.3, -0.25) is 14.6 Å². The van der Waals surface area contributed by atoms with Crippen LogP contribution in [0.1, 0.15) is 24.4 Å². The minimum atomic E-state index is -0.220. The van der Waals surface area contributed by atoms with Crippen LogP contribution in [0, 0.1) is 0 Å². The van der Waals surface area contributed by atoms with Crippen LogP contribution >= 0.6 is 0 Å². The third-order valence-electron chi connectivity index (χ3n) is 5.74. The summed E-state index contributed by atoms with van der Waals surface area (Å²) in [5.74, 6) is 0.731. The topological polar surface area (TPSA) is 80.3 Å². The molecular formula is C21H28N6O2. The zero-order chi connectivity index (χ0) is 20.4. The van der Waals surface area contributed by atoms with Crippen LogP contribution in [-0.2, 0) is 9.59 Å². The molecule has 2 N–H and O–H groups in total. The highest BCUT2D eigenvalue weighted by Crippen LogP contribution is 2.24. The van der Waals surface area contributed by atoms with Crippen LogP contribution in [0.3, 0.4) is 0 Å². The predicted octanol–water partition coefficient (Wildman–Crippen LogP) is 0.514. The Labute approximate surface area is 171 Å². The second-order valence-corrected chi connectivity index (χ2v) is 7.73. The van der Waals surface area contributed by atoms with E-state index >= 15 is 0 Å². The van der Waals surface area contributed by atoms with E-state index in [0.717, 1.165) is 31.9 Å². The Balaban J connectivity index is 1.36. The van der Waals surface area contributed by atoms with Gasteiger partial charge < -0.3 is 20.1 Å². The number of rotatable bonds is 6. The van der Waals surface area contributed by atoms with Gasteiger partial charge in [-0.25, -0.2) is 5.43 Å². The minimum absolute atomic E-state index is 0.0381. The smallest absolute Gasteiger partial charge is 0.269 e. The Hall–Kier alpha value is -2.87. The molecule has 0 spiro atoms. The molecule has 1 fully saturated rings. The molecule has 1 unspecified atom stereocenters. The first kappa shape index (κ1) is 19.4. The molecule has 0 radical (unpaired) electrons. The average molecular weight is 396 g/mol. The van der Waals surface area contributed by atoms with Crippen molar-refractivity contribution in [2.45, 2.75) is 18.9 Å². The van der Waals surface area contributed by atoms with Crippen molar-refractivity contribution in [1.82, 2.24) is 25.6 Å². The zero-order valence-corrected chi connectivity index (χ0v) is 17.0. The lowest BCUT2D eigenvalue weighted by Gasteiger charge is -2.31. The Bertz CT molecular complexity index is 846. The second kappa shape index (κ2) is 8.24. The Morgan fingerprint density at radius 1 is 1.21 bits per heavy atom. The predicted molar refractivity (Wildman–Crippen MR) is 111 cm³/mol. The molecule has 0 bridgehead atoms. The van der Waals surface area contributed by atoms with E-state index < -0.39 is 0 Å². The fraction of sp³-hybridized carbons (Fsp3) is 0.476. The standard InChI is InChI=1S/C21H28N6O2/c1-25-14-17(15-7-4-3-5-8-15)24-18(25)9-10-22-20(28)19-16(13-23-26(19)2)21(29)27-11-6-12-27/h3-5,7-8,17,23H,6,9-14H2,1-2H3,(H,22,28). The van der Waals surface area contributed by atoms with E-state index in [1.165, 1.54) is 5.56 Å². The maximum Gasteiger partial charge on any atom is 0.269 e. The molecule has 154 valence electrons. The number of amidine groups is 1. The van der Waals surface area contributed by atoms with E-state index in [9.17, 15) is 9.59 Å². The SMILES string of the molecule is CN1CC(c2ccccc2)N=C1CCNC(=O)C1=C(C(=O)N2CCC2)CNN1C. The van der Waals surface area contributed by atoms with Crippen LogP contribution in [0.5, 0.6) is 0 Å². The van der Waals surface area contributed by atoms with E-state index in [2.05, 4.69) is 27.8 Å². The van der Waals surface area contributed by atoms with Gasteiger partial charge in [0.15, 0.2) is 0 Å². The van der Waals surface area contributed by atoms with Crippen LogP contribution in [0.25, 0.3) is 0 Å². The first-order valence-electron chi connectivity index (χ1n) is 10.1. The summed E-state index contributed by atoms with van der Waals surface area (Å²) in [6.45, 7) is 3.26. The number of hydrogen-bond donors (Lipinski definition) is 2. The maximum absolute atomic E-state index is 12.8. The lowest BCUT2D eigenvalue weighted by atomic mass is 10.1. The summed E-state index contributed by atoms with van der Waals surface area (Å²) in [6, 6.07) is 10.4. The highest BCUT2D eigenvalue weighted by atomic mass is 16.2. The Morgan fingerprint density at radius 3 is 2.66 bits per heavy atom. The van der Waals surface area contributed by atoms with Gasteiger partial charge in [0.1, 0.15) is 11.5 Å². The van der Waals surface area contributed by atoms with Crippen molar-refractivity contribution < 1.29 is 9.59 Å². The van der Waals surface area contributed by atoms with Crippen LogP contribution < -0.4 is 10.7 Å². The summed E-state index contributed by atoms with van der Waals surface area (Å²) in [5.41, 5.74) is 5.24. The van der Waals surface area contributed by atoms with Crippen LogP contribution in [0.2, 0.25) is 0 Å². The summed E-state index contributed by atoms with van der Waals surface area (Å²) in [4.78, 5) is 34.1. The fourth-order valence-corrected chi connectivity index (χ4v) is 3.91. The van der Waals surface area contributed by atoms with Crippen LogP contribution in [0.4, 0.5) is 0 Å². The average Bonchev–Trinajstić information content (AvgIpc) is 3.24. The minimum Gasteiger partial charge on any atom is -0.361 e. The van der Waals surface area contributed by atoms with E-state index in [1.807, 2.05) is 25.2 Å². The summed E-state index contributed by atoms with van der Waals surface area (Å²) in [6.07, 6.45) is 1.69. The molecule has 3 aliphatic rings.